The van der Waals surface area contributed by atoms with Crippen LogP contribution >= 0.6 is 23.4 Å². The number of hydrogen-bond donors (Lipinski definition) is 0. The van der Waals surface area contributed by atoms with Crippen LogP contribution in [0.15, 0.2) is 45.5 Å². The van der Waals surface area contributed by atoms with Gasteiger partial charge in [0.15, 0.2) is 0 Å². The summed E-state index contributed by atoms with van der Waals surface area (Å²) in [4.78, 5) is 13.0. The van der Waals surface area contributed by atoms with Crippen LogP contribution < -0.4 is 10.3 Å². The Kier molecular flexibility index (Phi) is 4.47. The Bertz CT molecular complexity index is 1160. The van der Waals surface area contributed by atoms with Crippen LogP contribution in [0.4, 0.5) is 0 Å². The lowest BCUT2D eigenvalue weighted by Crippen LogP contribution is -2.24. The van der Waals surface area contributed by atoms with Gasteiger partial charge in [0, 0.05) is 24.5 Å². The third kappa shape index (κ3) is 2.80. The second-order valence-electron chi connectivity index (χ2n) is 5.81. The summed E-state index contributed by atoms with van der Waals surface area (Å²) in [6.45, 7) is 0.398. The molecule has 6 nitrogen and oxygen atoms in total. The van der Waals surface area contributed by atoms with Gasteiger partial charge in [-0.15, -0.1) is 11.3 Å². The summed E-state index contributed by atoms with van der Waals surface area (Å²) >= 11 is 2.93. The van der Waals surface area contributed by atoms with E-state index in [9.17, 15) is 4.79 Å². The minimum Gasteiger partial charge on any atom is -0.497 e. The highest BCUT2D eigenvalue weighted by Crippen LogP contribution is 2.37. The van der Waals surface area contributed by atoms with Gasteiger partial charge in [-0.05, 0) is 23.8 Å². The van der Waals surface area contributed by atoms with E-state index in [1.807, 2.05) is 41.9 Å². The van der Waals surface area contributed by atoms with Gasteiger partial charge in [0.2, 0.25) is 0 Å². The van der Waals surface area contributed by atoms with E-state index < -0.39 is 0 Å². The monoisotopic (exact) mass is 387 g/mol. The topological polar surface area (TPSA) is 58.3 Å². The lowest BCUT2D eigenvalue weighted by atomic mass is 10.2. The fraction of sp³-hybridized carbons (Fsp3) is 0.222. The number of hydrogen-bond acceptors (Lipinski definition) is 6. The molecular weight excluding hydrogens is 370 g/mol. The second kappa shape index (κ2) is 6.79. The molecule has 0 bridgehead atoms. The van der Waals surface area contributed by atoms with Crippen molar-refractivity contribution in [3.8, 4) is 5.75 Å². The third-order valence-electron chi connectivity index (χ3n) is 4.28. The summed E-state index contributed by atoms with van der Waals surface area (Å²) in [7, 11) is 5.18. The van der Waals surface area contributed by atoms with Crippen LogP contribution in [-0.2, 0) is 17.8 Å². The van der Waals surface area contributed by atoms with E-state index in [0.717, 1.165) is 31.1 Å². The van der Waals surface area contributed by atoms with Gasteiger partial charge in [0.1, 0.15) is 11.3 Å². The lowest BCUT2D eigenvalue weighted by Gasteiger charge is -2.07. The summed E-state index contributed by atoms with van der Waals surface area (Å²) in [6, 6.07) is 9.70. The van der Waals surface area contributed by atoms with Crippen molar-refractivity contribution >= 4 is 44.5 Å². The maximum atomic E-state index is 13.0. The van der Waals surface area contributed by atoms with E-state index in [-0.39, 0.29) is 5.56 Å². The molecule has 3 heterocycles. The zero-order chi connectivity index (χ0) is 18.3. The van der Waals surface area contributed by atoms with Crippen molar-refractivity contribution in [2.24, 2.45) is 7.05 Å². The first-order valence-corrected chi connectivity index (χ1v) is 9.50. The smallest absolute Gasteiger partial charge is 0.291 e. The normalized spacial score (nSPS) is 11.5. The first kappa shape index (κ1) is 17.1. The molecule has 0 amide bonds. The number of fused-ring (bicyclic) bond motifs is 3. The number of benzene rings is 1. The molecule has 0 radical (unpaired) electrons. The molecular formula is C18H17N3O3S2. The molecule has 0 aliphatic rings. The number of aryl methyl sites for hydroxylation is 1. The number of rotatable bonds is 5. The highest BCUT2D eigenvalue weighted by molar-refractivity contribution is 7.96. The number of ether oxygens (including phenoxy) is 1. The highest BCUT2D eigenvalue weighted by atomic mass is 32.2. The van der Waals surface area contributed by atoms with E-state index in [4.69, 9.17) is 8.92 Å². The molecule has 0 saturated carbocycles. The van der Waals surface area contributed by atoms with Gasteiger partial charge in [0.05, 0.1) is 41.4 Å². The summed E-state index contributed by atoms with van der Waals surface area (Å²) in [5, 5.41) is 5.27. The molecule has 4 rings (SSSR count). The Morgan fingerprint density at radius 1 is 1.27 bits per heavy atom. The maximum absolute atomic E-state index is 13.0. The van der Waals surface area contributed by atoms with Gasteiger partial charge in [0.25, 0.3) is 5.56 Å². The van der Waals surface area contributed by atoms with Crippen molar-refractivity contribution in [1.29, 1.82) is 0 Å². The Hall–Kier alpha value is -2.29. The molecule has 0 aliphatic heterocycles. The molecule has 0 saturated heterocycles. The standard InChI is InChI=1S/C18H17N3O3S2/c1-20-14-8-15(26-24-3)25-17(14)13-9-19-21(18(22)16(13)20)10-11-5-4-6-12(7-11)23-2/h4-9H,10H2,1-3H3. The molecule has 26 heavy (non-hydrogen) atoms. The van der Waals surface area contributed by atoms with E-state index >= 15 is 0 Å². The molecule has 0 spiro atoms. The first-order valence-electron chi connectivity index (χ1n) is 7.94. The van der Waals surface area contributed by atoms with Crippen LogP contribution in [0.5, 0.6) is 5.75 Å². The van der Waals surface area contributed by atoms with Crippen LogP contribution in [0.2, 0.25) is 0 Å². The second-order valence-corrected chi connectivity index (χ2v) is 8.06. The van der Waals surface area contributed by atoms with Crippen molar-refractivity contribution in [3.63, 3.8) is 0 Å². The van der Waals surface area contributed by atoms with Crippen molar-refractivity contribution in [1.82, 2.24) is 14.3 Å². The fourth-order valence-corrected chi connectivity index (χ4v) is 4.92. The largest absolute Gasteiger partial charge is 0.497 e. The maximum Gasteiger partial charge on any atom is 0.291 e. The van der Waals surface area contributed by atoms with E-state index in [2.05, 4.69) is 5.10 Å². The molecule has 8 heteroatoms. The molecule has 0 aliphatic carbocycles. The summed E-state index contributed by atoms with van der Waals surface area (Å²) in [5.41, 5.74) is 2.55. The zero-order valence-electron chi connectivity index (χ0n) is 14.6. The first-order chi connectivity index (χ1) is 12.6. The van der Waals surface area contributed by atoms with E-state index in [0.29, 0.717) is 12.1 Å². The minimum absolute atomic E-state index is 0.0998. The van der Waals surface area contributed by atoms with Crippen LogP contribution in [0, 0.1) is 0 Å². The molecule has 134 valence electrons. The predicted molar refractivity (Wildman–Crippen MR) is 105 cm³/mol. The number of nitrogens with zero attached hydrogens (tertiary/aromatic N) is 3. The van der Waals surface area contributed by atoms with Gasteiger partial charge in [-0.2, -0.15) is 5.10 Å². The molecule has 0 unspecified atom stereocenters. The predicted octanol–water partition coefficient (Wildman–Crippen LogP) is 3.66. The van der Waals surface area contributed by atoms with E-state index in [1.165, 1.54) is 16.7 Å². The fourth-order valence-electron chi connectivity index (χ4n) is 3.07. The minimum atomic E-state index is -0.0998. The van der Waals surface area contributed by atoms with Crippen molar-refractivity contribution in [3.05, 3.63) is 52.4 Å². The third-order valence-corrected chi connectivity index (χ3v) is 6.14. The summed E-state index contributed by atoms with van der Waals surface area (Å²) in [6.07, 6.45) is 1.77. The van der Waals surface area contributed by atoms with Crippen molar-refractivity contribution in [2.75, 3.05) is 14.2 Å². The Labute approximate surface area is 158 Å². The Balaban J connectivity index is 1.81. The lowest BCUT2D eigenvalue weighted by molar-refractivity contribution is 0.414. The Morgan fingerprint density at radius 3 is 2.88 bits per heavy atom. The molecule has 1 aromatic carbocycles. The number of aromatic nitrogens is 3. The van der Waals surface area contributed by atoms with Gasteiger partial charge < -0.3 is 13.5 Å². The summed E-state index contributed by atoms with van der Waals surface area (Å²) in [5.74, 6) is 0.763. The van der Waals surface area contributed by atoms with Gasteiger partial charge in [-0.3, -0.25) is 4.79 Å². The van der Waals surface area contributed by atoms with Crippen molar-refractivity contribution in [2.45, 2.75) is 10.8 Å². The van der Waals surface area contributed by atoms with E-state index in [1.54, 1.807) is 31.8 Å². The average molecular weight is 387 g/mol. The number of thiophene rings is 1. The van der Waals surface area contributed by atoms with Crippen LogP contribution in [0.3, 0.4) is 0 Å². The van der Waals surface area contributed by atoms with Gasteiger partial charge in [-0.25, -0.2) is 4.68 Å². The highest BCUT2D eigenvalue weighted by Gasteiger charge is 2.17. The molecule has 0 fully saturated rings. The molecule has 3 aromatic heterocycles. The van der Waals surface area contributed by atoms with Crippen LogP contribution in [0.25, 0.3) is 21.1 Å². The molecule has 0 atom stereocenters. The number of methoxy groups -OCH3 is 1. The average Bonchev–Trinajstić information content (AvgIpc) is 3.17. The Morgan fingerprint density at radius 2 is 2.12 bits per heavy atom. The quantitative estimate of drug-likeness (QED) is 0.489. The zero-order valence-corrected chi connectivity index (χ0v) is 16.2. The SMILES string of the molecule is COSc1cc2c(s1)c1cnn(Cc3cccc(OC)c3)c(=O)c1n2C. The van der Waals surface area contributed by atoms with Gasteiger partial charge in [-0.1, -0.05) is 12.1 Å². The van der Waals surface area contributed by atoms with Gasteiger partial charge >= 0.3 is 0 Å². The summed E-state index contributed by atoms with van der Waals surface area (Å²) < 4.78 is 15.9. The van der Waals surface area contributed by atoms with Crippen LogP contribution in [-0.4, -0.2) is 28.6 Å². The van der Waals surface area contributed by atoms with Crippen LogP contribution in [0.1, 0.15) is 5.56 Å². The molecule has 0 N–H and O–H groups in total. The van der Waals surface area contributed by atoms with Crippen molar-refractivity contribution < 1.29 is 8.92 Å². The molecule has 4 aromatic rings.